The van der Waals surface area contributed by atoms with Gasteiger partial charge in [-0.1, -0.05) is 259 Å². The molecule has 0 aliphatic heterocycles. The van der Waals surface area contributed by atoms with E-state index < -0.39 is 6.10 Å². The van der Waals surface area contributed by atoms with Crippen molar-refractivity contribution in [3.05, 3.63) is 0 Å². The van der Waals surface area contributed by atoms with Crippen molar-refractivity contribution in [1.82, 2.24) is 0 Å². The van der Waals surface area contributed by atoms with Gasteiger partial charge in [-0.15, -0.1) is 0 Å². The van der Waals surface area contributed by atoms with Gasteiger partial charge in [0.1, 0.15) is 13.2 Å². The zero-order chi connectivity index (χ0) is 44.0. The zero-order valence-electron chi connectivity index (χ0n) is 41.1. The largest absolute Gasteiger partial charge is 0.462 e. The Balaban J connectivity index is 4.30. The number of hydrogen-bond donors (Lipinski definition) is 0. The van der Waals surface area contributed by atoms with Crippen LogP contribution in [0.5, 0.6) is 0 Å². The van der Waals surface area contributed by atoms with Crippen molar-refractivity contribution in [3.63, 3.8) is 0 Å². The lowest BCUT2D eigenvalue weighted by Gasteiger charge is -2.18. The van der Waals surface area contributed by atoms with E-state index in [2.05, 4.69) is 34.6 Å². The molecule has 0 saturated carbocycles. The SMILES string of the molecule is CCCCCCCCCCCCCCCCCCCC(=O)O[C@@H](COC(=O)CCCCCCCCCCCCC(C)C)COC(=O)CCCCCCCCCCCC(C)C. The van der Waals surface area contributed by atoms with Crippen molar-refractivity contribution in [1.29, 1.82) is 0 Å². The molecule has 0 fully saturated rings. The molecule has 6 heteroatoms. The van der Waals surface area contributed by atoms with Crippen LogP contribution in [0.1, 0.15) is 298 Å². The number of unbranched alkanes of at least 4 members (excludes halogenated alkanes) is 33. The second-order valence-electron chi connectivity index (χ2n) is 19.5. The van der Waals surface area contributed by atoms with Gasteiger partial charge in [0.15, 0.2) is 6.10 Å². The van der Waals surface area contributed by atoms with Crippen molar-refractivity contribution in [2.24, 2.45) is 11.8 Å². The minimum Gasteiger partial charge on any atom is -0.462 e. The number of rotatable bonds is 48. The minimum absolute atomic E-state index is 0.0639. The van der Waals surface area contributed by atoms with Crippen LogP contribution in [-0.2, 0) is 28.6 Å². The fourth-order valence-electron chi connectivity index (χ4n) is 8.17. The van der Waals surface area contributed by atoms with Gasteiger partial charge in [0.05, 0.1) is 0 Å². The molecule has 0 aliphatic carbocycles. The van der Waals surface area contributed by atoms with Gasteiger partial charge >= 0.3 is 17.9 Å². The number of esters is 3. The number of carbonyl (C=O) groups is 3. The second kappa shape index (κ2) is 46.9. The van der Waals surface area contributed by atoms with E-state index in [4.69, 9.17) is 14.2 Å². The second-order valence-corrected chi connectivity index (χ2v) is 19.5. The molecule has 0 spiro atoms. The molecule has 1 atom stereocenters. The molecule has 356 valence electrons. The standard InChI is InChI=1S/C54H104O6/c1-6-7-8-9-10-11-12-13-14-15-16-17-18-25-31-36-41-46-54(57)60-51(48-59-53(56)45-40-35-30-26-21-23-28-33-38-43-50(4)5)47-58-52(55)44-39-34-29-24-20-19-22-27-32-37-42-49(2)3/h49-51H,6-48H2,1-5H3/t51-/m0/s1. The highest BCUT2D eigenvalue weighted by molar-refractivity contribution is 5.71. The van der Waals surface area contributed by atoms with Crippen molar-refractivity contribution >= 4 is 17.9 Å². The summed E-state index contributed by atoms with van der Waals surface area (Å²) in [7, 11) is 0. The van der Waals surface area contributed by atoms with E-state index in [9.17, 15) is 14.4 Å². The Morgan fingerprint density at radius 2 is 0.550 bits per heavy atom. The van der Waals surface area contributed by atoms with E-state index in [0.29, 0.717) is 19.3 Å². The number of hydrogen-bond acceptors (Lipinski definition) is 6. The number of ether oxygens (including phenoxy) is 3. The third-order valence-corrected chi connectivity index (χ3v) is 12.2. The van der Waals surface area contributed by atoms with Crippen LogP contribution >= 0.6 is 0 Å². The van der Waals surface area contributed by atoms with Crippen molar-refractivity contribution in [3.8, 4) is 0 Å². The Kier molecular flexibility index (Phi) is 45.7. The van der Waals surface area contributed by atoms with E-state index in [1.807, 2.05) is 0 Å². The molecule has 0 aromatic heterocycles. The van der Waals surface area contributed by atoms with Crippen LogP contribution in [0.4, 0.5) is 0 Å². The highest BCUT2D eigenvalue weighted by Crippen LogP contribution is 2.17. The van der Waals surface area contributed by atoms with E-state index in [-0.39, 0.29) is 31.1 Å². The Bertz CT molecular complexity index is 916. The maximum absolute atomic E-state index is 12.8. The van der Waals surface area contributed by atoms with Crippen molar-refractivity contribution in [2.75, 3.05) is 13.2 Å². The smallest absolute Gasteiger partial charge is 0.306 e. The zero-order valence-corrected chi connectivity index (χ0v) is 41.1. The van der Waals surface area contributed by atoms with Gasteiger partial charge < -0.3 is 14.2 Å². The molecule has 0 rings (SSSR count). The summed E-state index contributed by atoms with van der Waals surface area (Å²) in [6.07, 6.45) is 48.1. The summed E-state index contributed by atoms with van der Waals surface area (Å²) >= 11 is 0. The van der Waals surface area contributed by atoms with Crippen molar-refractivity contribution in [2.45, 2.75) is 304 Å². The van der Waals surface area contributed by atoms with Gasteiger partial charge in [0, 0.05) is 19.3 Å². The predicted octanol–water partition coefficient (Wildman–Crippen LogP) is 17.3. The maximum Gasteiger partial charge on any atom is 0.306 e. The fraction of sp³-hybridized carbons (Fsp3) is 0.944. The Morgan fingerprint density at radius 3 is 0.817 bits per heavy atom. The molecule has 60 heavy (non-hydrogen) atoms. The molecule has 0 bridgehead atoms. The quantitative estimate of drug-likeness (QED) is 0.0345. The summed E-state index contributed by atoms with van der Waals surface area (Å²) in [5.74, 6) is 0.780. The molecule has 0 unspecified atom stereocenters. The normalized spacial score (nSPS) is 12.1. The first-order valence-electron chi connectivity index (χ1n) is 26.7. The maximum atomic E-state index is 12.8. The van der Waals surface area contributed by atoms with Gasteiger partial charge in [-0.05, 0) is 31.1 Å². The fourth-order valence-corrected chi connectivity index (χ4v) is 8.17. The van der Waals surface area contributed by atoms with Crippen LogP contribution in [0.15, 0.2) is 0 Å². The van der Waals surface area contributed by atoms with Crippen LogP contribution in [0.25, 0.3) is 0 Å². The summed E-state index contributed by atoms with van der Waals surface area (Å²) < 4.78 is 16.8. The average molecular weight is 849 g/mol. The first kappa shape index (κ1) is 58.4. The summed E-state index contributed by atoms with van der Waals surface area (Å²) in [5, 5.41) is 0. The first-order chi connectivity index (χ1) is 29.2. The lowest BCUT2D eigenvalue weighted by molar-refractivity contribution is -0.167. The molecule has 0 heterocycles. The predicted molar refractivity (Wildman–Crippen MR) is 256 cm³/mol. The van der Waals surface area contributed by atoms with Crippen molar-refractivity contribution < 1.29 is 28.6 Å². The Morgan fingerprint density at radius 1 is 0.317 bits per heavy atom. The number of carbonyl (C=O) groups excluding carboxylic acids is 3. The van der Waals surface area contributed by atoms with Gasteiger partial charge in [0.25, 0.3) is 0 Å². The summed E-state index contributed by atoms with van der Waals surface area (Å²) in [4.78, 5) is 38.0. The van der Waals surface area contributed by atoms with E-state index in [0.717, 1.165) is 69.6 Å². The molecule has 0 N–H and O–H groups in total. The van der Waals surface area contributed by atoms with Crippen LogP contribution in [0.3, 0.4) is 0 Å². The minimum atomic E-state index is -0.762. The molecule has 6 nitrogen and oxygen atoms in total. The summed E-state index contributed by atoms with van der Waals surface area (Å²) in [6, 6.07) is 0. The average Bonchev–Trinajstić information content (AvgIpc) is 3.22. The van der Waals surface area contributed by atoms with Crippen LogP contribution in [0.2, 0.25) is 0 Å². The summed E-state index contributed by atoms with van der Waals surface area (Å²) in [6.45, 7) is 11.4. The highest BCUT2D eigenvalue weighted by Gasteiger charge is 2.19. The Labute approximate surface area is 374 Å². The summed E-state index contributed by atoms with van der Waals surface area (Å²) in [5.41, 5.74) is 0. The van der Waals surface area contributed by atoms with Gasteiger partial charge in [-0.25, -0.2) is 0 Å². The van der Waals surface area contributed by atoms with Gasteiger partial charge in [0.2, 0.25) is 0 Å². The molecule has 0 aromatic carbocycles. The third kappa shape index (κ3) is 47.5. The monoisotopic (exact) mass is 849 g/mol. The highest BCUT2D eigenvalue weighted by atomic mass is 16.6. The Hall–Kier alpha value is -1.59. The van der Waals surface area contributed by atoms with Gasteiger partial charge in [-0.2, -0.15) is 0 Å². The topological polar surface area (TPSA) is 78.9 Å². The molecule has 0 saturated heterocycles. The van der Waals surface area contributed by atoms with Gasteiger partial charge in [-0.3, -0.25) is 14.4 Å². The van der Waals surface area contributed by atoms with E-state index in [1.165, 1.54) is 186 Å². The molecular formula is C54H104O6. The van der Waals surface area contributed by atoms with Crippen LogP contribution in [-0.4, -0.2) is 37.2 Å². The molecule has 0 radical (unpaired) electrons. The molecular weight excluding hydrogens is 745 g/mol. The lowest BCUT2D eigenvalue weighted by atomic mass is 10.0. The van der Waals surface area contributed by atoms with E-state index in [1.54, 1.807) is 0 Å². The van der Waals surface area contributed by atoms with Crippen LogP contribution < -0.4 is 0 Å². The molecule has 0 aliphatic rings. The van der Waals surface area contributed by atoms with E-state index >= 15 is 0 Å². The van der Waals surface area contributed by atoms with Crippen LogP contribution in [0, 0.1) is 11.8 Å². The first-order valence-corrected chi connectivity index (χ1v) is 26.7. The third-order valence-electron chi connectivity index (χ3n) is 12.2. The lowest BCUT2D eigenvalue weighted by Crippen LogP contribution is -2.30. The molecule has 0 amide bonds. The molecule has 0 aromatic rings.